The molecule has 0 aliphatic carbocycles. The van der Waals surface area contributed by atoms with Crippen molar-refractivity contribution in [1.29, 1.82) is 0 Å². The highest BCUT2D eigenvalue weighted by Gasteiger charge is 2.28. The molecule has 0 aromatic heterocycles. The van der Waals surface area contributed by atoms with Crippen LogP contribution in [0, 0.1) is 6.92 Å². The fourth-order valence-electron chi connectivity index (χ4n) is 3.38. The Bertz CT molecular complexity index is 859. The van der Waals surface area contributed by atoms with E-state index in [-0.39, 0.29) is 11.8 Å². The van der Waals surface area contributed by atoms with E-state index in [1.807, 2.05) is 56.3 Å². The predicted octanol–water partition coefficient (Wildman–Crippen LogP) is 5.61. The summed E-state index contributed by atoms with van der Waals surface area (Å²) in [5, 5.41) is 3.71. The first-order valence-electron chi connectivity index (χ1n) is 10.9. The first-order valence-corrected chi connectivity index (χ1v) is 12.4. The molecular formula is C25H33ClN2O2S. The Morgan fingerprint density at radius 2 is 1.90 bits per heavy atom. The molecule has 2 rings (SSSR count). The summed E-state index contributed by atoms with van der Waals surface area (Å²) in [7, 11) is 0. The van der Waals surface area contributed by atoms with E-state index < -0.39 is 6.04 Å². The highest BCUT2D eigenvalue weighted by molar-refractivity contribution is 7.99. The van der Waals surface area contributed by atoms with Crippen LogP contribution in [0.3, 0.4) is 0 Å². The average molecular weight is 461 g/mol. The van der Waals surface area contributed by atoms with Crippen LogP contribution in [0.1, 0.15) is 49.8 Å². The molecule has 0 fully saturated rings. The van der Waals surface area contributed by atoms with Crippen molar-refractivity contribution in [3.8, 4) is 0 Å². The maximum absolute atomic E-state index is 13.2. The minimum Gasteiger partial charge on any atom is -0.354 e. The van der Waals surface area contributed by atoms with E-state index in [0.717, 1.165) is 29.5 Å². The first-order chi connectivity index (χ1) is 15.0. The lowest BCUT2D eigenvalue weighted by atomic mass is 10.1. The van der Waals surface area contributed by atoms with Gasteiger partial charge in [-0.15, -0.1) is 11.8 Å². The van der Waals surface area contributed by atoms with Crippen LogP contribution in [0.4, 0.5) is 0 Å². The van der Waals surface area contributed by atoms with Crippen LogP contribution in [0.5, 0.6) is 0 Å². The van der Waals surface area contributed by atoms with Gasteiger partial charge in [0.25, 0.3) is 0 Å². The third-order valence-corrected chi connectivity index (χ3v) is 6.43. The second-order valence-electron chi connectivity index (χ2n) is 7.66. The van der Waals surface area contributed by atoms with Crippen LogP contribution in [0.25, 0.3) is 0 Å². The van der Waals surface area contributed by atoms with Crippen molar-refractivity contribution in [2.45, 2.75) is 58.4 Å². The number of benzene rings is 2. The van der Waals surface area contributed by atoms with Crippen LogP contribution in [0.15, 0.2) is 48.5 Å². The minimum absolute atomic E-state index is 0.0314. The van der Waals surface area contributed by atoms with E-state index in [1.54, 1.807) is 4.90 Å². The lowest BCUT2D eigenvalue weighted by molar-refractivity contribution is -0.139. The summed E-state index contributed by atoms with van der Waals surface area (Å²) in [6.45, 7) is 7.14. The van der Waals surface area contributed by atoms with Crippen LogP contribution < -0.4 is 5.32 Å². The molecule has 2 amide bonds. The molecule has 0 saturated carbocycles. The zero-order valence-corrected chi connectivity index (χ0v) is 20.3. The number of halogens is 1. The number of nitrogens with zero attached hydrogens (tertiary/aromatic N) is 1. The quantitative estimate of drug-likeness (QED) is 0.419. The lowest BCUT2D eigenvalue weighted by Gasteiger charge is -2.30. The Morgan fingerprint density at radius 3 is 2.58 bits per heavy atom. The van der Waals surface area contributed by atoms with Crippen LogP contribution >= 0.6 is 23.4 Å². The third-order valence-electron chi connectivity index (χ3n) is 5.09. The molecule has 0 aliphatic heterocycles. The number of hydrogen-bond donors (Lipinski definition) is 1. The van der Waals surface area contributed by atoms with Gasteiger partial charge in [0.2, 0.25) is 11.8 Å². The molecule has 0 bridgehead atoms. The standard InChI is InChI=1S/C25H33ClN2O2S/c1-4-6-14-27-25(30)23(5-2)28(16-20-11-9-10-19(3)15-20)24(29)18-31-17-21-12-7-8-13-22(21)26/h7-13,15,23H,4-6,14,16-18H2,1-3H3,(H,27,30)/t23-/m1/s1. The molecule has 0 radical (unpaired) electrons. The summed E-state index contributed by atoms with van der Waals surface area (Å²) < 4.78 is 0. The van der Waals surface area contributed by atoms with Gasteiger partial charge in [0.1, 0.15) is 6.04 Å². The average Bonchev–Trinajstić information content (AvgIpc) is 2.75. The summed E-state index contributed by atoms with van der Waals surface area (Å²) in [5.74, 6) is 0.850. The monoisotopic (exact) mass is 460 g/mol. The fraction of sp³-hybridized carbons (Fsp3) is 0.440. The number of thioether (sulfide) groups is 1. The van der Waals surface area contributed by atoms with Gasteiger partial charge >= 0.3 is 0 Å². The summed E-state index contributed by atoms with van der Waals surface area (Å²) in [4.78, 5) is 27.8. The van der Waals surface area contributed by atoms with Crippen molar-refractivity contribution in [2.75, 3.05) is 12.3 Å². The number of amides is 2. The van der Waals surface area contributed by atoms with Gasteiger partial charge in [-0.25, -0.2) is 0 Å². The number of rotatable bonds is 12. The predicted molar refractivity (Wildman–Crippen MR) is 131 cm³/mol. The Kier molecular flexibility index (Phi) is 11.0. The topological polar surface area (TPSA) is 49.4 Å². The third kappa shape index (κ3) is 8.23. The highest BCUT2D eigenvalue weighted by atomic mass is 35.5. The molecule has 31 heavy (non-hydrogen) atoms. The Morgan fingerprint density at radius 1 is 1.13 bits per heavy atom. The lowest BCUT2D eigenvalue weighted by Crippen LogP contribution is -2.49. The molecule has 2 aromatic carbocycles. The second-order valence-corrected chi connectivity index (χ2v) is 9.06. The fourth-order valence-corrected chi connectivity index (χ4v) is 4.58. The molecule has 1 N–H and O–H groups in total. The van der Waals surface area contributed by atoms with E-state index in [4.69, 9.17) is 11.6 Å². The second kappa shape index (κ2) is 13.4. The Labute approximate surface area is 195 Å². The summed E-state index contributed by atoms with van der Waals surface area (Å²) in [6.07, 6.45) is 2.52. The molecule has 4 nitrogen and oxygen atoms in total. The minimum atomic E-state index is -0.481. The number of carbonyl (C=O) groups excluding carboxylic acids is 2. The van der Waals surface area contributed by atoms with Gasteiger partial charge in [-0.2, -0.15) is 0 Å². The van der Waals surface area contributed by atoms with E-state index in [2.05, 4.69) is 18.3 Å². The first kappa shape index (κ1) is 25.3. The SMILES string of the molecule is CCCCNC(=O)[C@@H](CC)N(Cc1cccc(C)c1)C(=O)CSCc1ccccc1Cl. The van der Waals surface area contributed by atoms with Gasteiger partial charge in [0.05, 0.1) is 5.75 Å². The normalized spacial score (nSPS) is 11.7. The number of nitrogens with one attached hydrogen (secondary N) is 1. The molecule has 0 aliphatic rings. The van der Waals surface area contributed by atoms with Crippen molar-refractivity contribution in [3.05, 3.63) is 70.2 Å². The van der Waals surface area contributed by atoms with Crippen molar-refractivity contribution < 1.29 is 9.59 Å². The molecule has 0 saturated heterocycles. The van der Waals surface area contributed by atoms with Crippen molar-refractivity contribution >= 4 is 35.2 Å². The van der Waals surface area contributed by atoms with E-state index in [0.29, 0.717) is 36.0 Å². The van der Waals surface area contributed by atoms with Gasteiger partial charge in [0.15, 0.2) is 0 Å². The van der Waals surface area contributed by atoms with Gasteiger partial charge in [0, 0.05) is 23.9 Å². The summed E-state index contributed by atoms with van der Waals surface area (Å²) >= 11 is 7.76. The Balaban J connectivity index is 2.11. The zero-order chi connectivity index (χ0) is 22.6. The van der Waals surface area contributed by atoms with Crippen LogP contribution in [-0.2, 0) is 21.9 Å². The summed E-state index contributed by atoms with van der Waals surface area (Å²) in [5.41, 5.74) is 3.18. The number of unbranched alkanes of at least 4 members (excludes halogenated alkanes) is 1. The molecule has 0 unspecified atom stereocenters. The van der Waals surface area contributed by atoms with Gasteiger partial charge in [-0.3, -0.25) is 9.59 Å². The Hall–Kier alpha value is -1.98. The highest BCUT2D eigenvalue weighted by Crippen LogP contribution is 2.22. The van der Waals surface area contributed by atoms with Crippen LogP contribution in [-0.4, -0.2) is 35.1 Å². The van der Waals surface area contributed by atoms with Crippen molar-refractivity contribution in [2.24, 2.45) is 0 Å². The molecule has 0 heterocycles. The molecule has 0 spiro atoms. The molecule has 2 aromatic rings. The smallest absolute Gasteiger partial charge is 0.242 e. The molecular weight excluding hydrogens is 428 g/mol. The van der Waals surface area contributed by atoms with E-state index in [1.165, 1.54) is 11.8 Å². The van der Waals surface area contributed by atoms with Crippen molar-refractivity contribution in [1.82, 2.24) is 10.2 Å². The largest absolute Gasteiger partial charge is 0.354 e. The maximum atomic E-state index is 13.2. The van der Waals surface area contributed by atoms with Crippen LogP contribution in [0.2, 0.25) is 5.02 Å². The van der Waals surface area contributed by atoms with Crippen molar-refractivity contribution in [3.63, 3.8) is 0 Å². The number of carbonyl (C=O) groups is 2. The van der Waals surface area contributed by atoms with Gasteiger partial charge < -0.3 is 10.2 Å². The summed E-state index contributed by atoms with van der Waals surface area (Å²) in [6, 6.07) is 15.3. The molecule has 168 valence electrons. The van der Waals surface area contributed by atoms with Gasteiger partial charge in [-0.05, 0) is 37.0 Å². The zero-order valence-electron chi connectivity index (χ0n) is 18.7. The molecule has 6 heteroatoms. The van der Waals surface area contributed by atoms with E-state index >= 15 is 0 Å². The maximum Gasteiger partial charge on any atom is 0.242 e. The van der Waals surface area contributed by atoms with Gasteiger partial charge in [-0.1, -0.05) is 79.9 Å². The number of hydrogen-bond acceptors (Lipinski definition) is 3. The number of aryl methyl sites for hydroxylation is 1. The van der Waals surface area contributed by atoms with E-state index in [9.17, 15) is 9.59 Å². The molecule has 1 atom stereocenters.